The largest absolute Gasteiger partial charge is 0.459 e. The molecule has 32 heavy (non-hydrogen) atoms. The van der Waals surface area contributed by atoms with Gasteiger partial charge in [0, 0.05) is 11.1 Å². The van der Waals surface area contributed by atoms with Crippen LogP contribution >= 0.6 is 0 Å². The van der Waals surface area contributed by atoms with E-state index in [1.165, 1.54) is 0 Å². The van der Waals surface area contributed by atoms with Crippen molar-refractivity contribution in [3.63, 3.8) is 0 Å². The monoisotopic (exact) mass is 450 g/mol. The van der Waals surface area contributed by atoms with E-state index in [1.807, 2.05) is 13.8 Å². The fourth-order valence-electron chi connectivity index (χ4n) is 3.65. The van der Waals surface area contributed by atoms with Crippen LogP contribution in [0.3, 0.4) is 0 Å². The van der Waals surface area contributed by atoms with E-state index in [1.54, 1.807) is 0 Å². The normalized spacial score (nSPS) is 28.9. The summed E-state index contributed by atoms with van der Waals surface area (Å²) in [4.78, 5) is 24.8. The number of hydrogen-bond acceptors (Lipinski definition) is 8. The molecule has 0 aromatic rings. The predicted molar refractivity (Wildman–Crippen MR) is 114 cm³/mol. The first-order valence-electron chi connectivity index (χ1n) is 11.7. The number of epoxide rings is 4. The summed E-state index contributed by atoms with van der Waals surface area (Å²) in [6, 6.07) is 0. The molecule has 4 rings (SSSR count). The molecule has 4 saturated heterocycles. The Morgan fingerprint density at radius 1 is 0.656 bits per heavy atom. The zero-order valence-electron chi connectivity index (χ0n) is 19.1. The molecule has 0 aliphatic carbocycles. The van der Waals surface area contributed by atoms with Gasteiger partial charge in [-0.1, -0.05) is 11.1 Å². The highest BCUT2D eigenvalue weighted by molar-refractivity contribution is 5.89. The number of carbonyl (C=O) groups excluding carboxylic acids is 2. The molecule has 4 aliphatic rings. The van der Waals surface area contributed by atoms with E-state index in [2.05, 4.69) is 0 Å². The van der Waals surface area contributed by atoms with E-state index in [4.69, 9.17) is 28.4 Å². The van der Waals surface area contributed by atoms with E-state index < -0.39 is 0 Å². The molecule has 0 aromatic heterocycles. The molecule has 4 aliphatic heterocycles. The van der Waals surface area contributed by atoms with Gasteiger partial charge in [0.1, 0.15) is 25.4 Å². The molecule has 4 unspecified atom stereocenters. The molecule has 0 bridgehead atoms. The van der Waals surface area contributed by atoms with Crippen molar-refractivity contribution >= 4 is 11.9 Å². The lowest BCUT2D eigenvalue weighted by atomic mass is 9.94. The Morgan fingerprint density at radius 3 is 1.31 bits per heavy atom. The topological polar surface area (TPSA) is 103 Å². The summed E-state index contributed by atoms with van der Waals surface area (Å²) in [5, 5.41) is 0. The van der Waals surface area contributed by atoms with Gasteiger partial charge in [-0.25, -0.2) is 9.59 Å². The lowest BCUT2D eigenvalue weighted by Gasteiger charge is -2.13. The minimum atomic E-state index is -0.263. The van der Waals surface area contributed by atoms with Crippen LogP contribution in [0.1, 0.15) is 52.4 Å². The van der Waals surface area contributed by atoms with E-state index in [9.17, 15) is 9.59 Å². The molecule has 4 atom stereocenters. The van der Waals surface area contributed by atoms with Crippen molar-refractivity contribution in [2.45, 2.75) is 76.8 Å². The molecule has 0 amide bonds. The van der Waals surface area contributed by atoms with Crippen LogP contribution in [0.25, 0.3) is 0 Å². The SMILES string of the molecule is C/C(C(=O)OCC1CO1)=C(\CCCC/C(CC1CO1)=C(/C)C(=O)OCC1CO1)CC1CO1. The number of hydrogen-bond donors (Lipinski definition) is 0. The third-order valence-electron chi connectivity index (χ3n) is 6.24. The summed E-state index contributed by atoms with van der Waals surface area (Å²) in [6.45, 7) is 7.17. The van der Waals surface area contributed by atoms with Crippen molar-refractivity contribution in [2.75, 3.05) is 39.6 Å². The second-order valence-electron chi connectivity index (χ2n) is 9.09. The third-order valence-corrected chi connectivity index (χ3v) is 6.24. The van der Waals surface area contributed by atoms with Crippen LogP contribution in [0.4, 0.5) is 0 Å². The molecular weight excluding hydrogens is 416 g/mol. The molecule has 0 spiro atoms. The minimum Gasteiger partial charge on any atom is -0.459 e. The Kier molecular flexibility index (Phi) is 7.99. The molecule has 8 heteroatoms. The van der Waals surface area contributed by atoms with Gasteiger partial charge in [-0.2, -0.15) is 0 Å². The quantitative estimate of drug-likeness (QED) is 0.162. The van der Waals surface area contributed by atoms with Crippen molar-refractivity contribution < 1.29 is 38.0 Å². The Morgan fingerprint density at radius 2 is 1.00 bits per heavy atom. The molecule has 8 nitrogen and oxygen atoms in total. The van der Waals surface area contributed by atoms with Gasteiger partial charge < -0.3 is 28.4 Å². The van der Waals surface area contributed by atoms with Crippen LogP contribution in [0.5, 0.6) is 0 Å². The minimum absolute atomic E-state index is 0.0642. The summed E-state index contributed by atoms with van der Waals surface area (Å²) in [5.74, 6) is -0.526. The van der Waals surface area contributed by atoms with Crippen molar-refractivity contribution in [1.82, 2.24) is 0 Å². The van der Waals surface area contributed by atoms with Gasteiger partial charge in [-0.15, -0.1) is 0 Å². The fraction of sp³-hybridized carbons (Fsp3) is 0.750. The Bertz CT molecular complexity index is 690. The molecule has 4 heterocycles. The maximum Gasteiger partial charge on any atom is 0.333 e. The first kappa shape index (κ1) is 23.4. The second-order valence-corrected chi connectivity index (χ2v) is 9.09. The highest BCUT2D eigenvalue weighted by atomic mass is 16.6. The number of carbonyl (C=O) groups is 2. The van der Waals surface area contributed by atoms with Gasteiger partial charge in [0.2, 0.25) is 0 Å². The molecule has 0 saturated carbocycles. The molecule has 0 aromatic carbocycles. The highest BCUT2D eigenvalue weighted by Crippen LogP contribution is 2.29. The van der Waals surface area contributed by atoms with Crippen molar-refractivity contribution in [3.05, 3.63) is 22.3 Å². The average molecular weight is 451 g/mol. The van der Waals surface area contributed by atoms with Crippen LogP contribution < -0.4 is 0 Å². The first-order chi connectivity index (χ1) is 15.5. The average Bonchev–Trinajstić information content (AvgIpc) is 3.64. The lowest BCUT2D eigenvalue weighted by Crippen LogP contribution is -2.13. The van der Waals surface area contributed by atoms with Crippen molar-refractivity contribution in [1.29, 1.82) is 0 Å². The highest BCUT2D eigenvalue weighted by Gasteiger charge is 2.29. The fourth-order valence-corrected chi connectivity index (χ4v) is 3.65. The van der Waals surface area contributed by atoms with Gasteiger partial charge in [0.25, 0.3) is 0 Å². The molecule has 0 N–H and O–H groups in total. The zero-order valence-corrected chi connectivity index (χ0v) is 19.1. The third kappa shape index (κ3) is 7.99. The van der Waals surface area contributed by atoms with Gasteiger partial charge in [-0.3, -0.25) is 0 Å². The standard InChI is InChI=1S/C24H34O8/c1-15(23(25)31-13-21-11-29-21)17(7-19-9-27-19)5-3-4-6-18(8-20-10-28-20)16(2)24(26)32-14-22-12-30-22/h19-22H,3-14H2,1-2H3/b17-15-,18-16+. The van der Waals surface area contributed by atoms with Gasteiger partial charge >= 0.3 is 11.9 Å². The molecule has 0 radical (unpaired) electrons. The van der Waals surface area contributed by atoms with E-state index in [0.717, 1.165) is 62.9 Å². The number of rotatable bonds is 15. The maximum atomic E-state index is 12.4. The van der Waals surface area contributed by atoms with Gasteiger partial charge in [0.15, 0.2) is 0 Å². The Hall–Kier alpha value is -1.74. The molecule has 4 fully saturated rings. The van der Waals surface area contributed by atoms with E-state index >= 15 is 0 Å². The summed E-state index contributed by atoms with van der Waals surface area (Å²) in [7, 11) is 0. The van der Waals surface area contributed by atoms with Crippen LogP contribution in [-0.2, 0) is 38.0 Å². The molecule has 178 valence electrons. The van der Waals surface area contributed by atoms with Crippen LogP contribution in [0, 0.1) is 0 Å². The second kappa shape index (κ2) is 10.9. The number of unbranched alkanes of at least 4 members (excludes halogenated alkanes) is 1. The first-order valence-corrected chi connectivity index (χ1v) is 11.7. The van der Waals surface area contributed by atoms with Crippen LogP contribution in [0.15, 0.2) is 22.3 Å². The van der Waals surface area contributed by atoms with E-state index in [-0.39, 0.29) is 36.4 Å². The summed E-state index contributed by atoms with van der Waals surface area (Å²) < 4.78 is 31.7. The predicted octanol–water partition coefficient (Wildman–Crippen LogP) is 2.64. The Balaban J connectivity index is 1.27. The maximum absolute atomic E-state index is 12.4. The lowest BCUT2D eigenvalue weighted by molar-refractivity contribution is -0.140. The van der Waals surface area contributed by atoms with E-state index in [0.29, 0.717) is 37.6 Å². The summed E-state index contributed by atoms with van der Waals surface area (Å²) in [5.41, 5.74) is 3.58. The Labute approximate surface area is 189 Å². The molecular formula is C24H34O8. The number of esters is 2. The van der Waals surface area contributed by atoms with Gasteiger partial charge in [0.05, 0.1) is 38.6 Å². The van der Waals surface area contributed by atoms with Crippen molar-refractivity contribution in [3.8, 4) is 0 Å². The summed E-state index contributed by atoms with van der Waals surface area (Å²) >= 11 is 0. The summed E-state index contributed by atoms with van der Waals surface area (Å²) in [6.07, 6.45) is 5.58. The van der Waals surface area contributed by atoms with Crippen LogP contribution in [0.2, 0.25) is 0 Å². The van der Waals surface area contributed by atoms with Crippen molar-refractivity contribution in [2.24, 2.45) is 0 Å². The number of ether oxygens (including phenoxy) is 6. The smallest absolute Gasteiger partial charge is 0.333 e. The van der Waals surface area contributed by atoms with Crippen LogP contribution in [-0.4, -0.2) is 76.0 Å². The zero-order chi connectivity index (χ0) is 22.5. The van der Waals surface area contributed by atoms with Gasteiger partial charge in [-0.05, 0) is 52.4 Å².